The molecule has 7 nitrogen and oxygen atoms in total. The second-order valence-electron chi connectivity index (χ2n) is 11.7. The fraction of sp³-hybridized carbons (Fsp3) is 0.615. The lowest BCUT2D eigenvalue weighted by molar-refractivity contribution is -0.347. The van der Waals surface area contributed by atoms with E-state index in [9.17, 15) is 13.2 Å². The first kappa shape index (κ1) is 28.0. The van der Waals surface area contributed by atoms with Crippen LogP contribution in [0.4, 0.5) is 13.2 Å². The molecule has 0 bridgehead atoms. The number of nitrogens with zero attached hydrogens (tertiary/aromatic N) is 3. The van der Waals surface area contributed by atoms with Crippen molar-refractivity contribution in [3.8, 4) is 11.3 Å². The van der Waals surface area contributed by atoms with Gasteiger partial charge in [0.2, 0.25) is 0 Å². The lowest BCUT2D eigenvalue weighted by atomic mass is 9.90. The summed E-state index contributed by atoms with van der Waals surface area (Å²) in [7, 11) is -2.31. The van der Waals surface area contributed by atoms with Gasteiger partial charge in [-0.1, -0.05) is 32.1 Å². The normalized spacial score (nSPS) is 28.1. The van der Waals surface area contributed by atoms with Gasteiger partial charge in [-0.3, -0.25) is 0 Å². The van der Waals surface area contributed by atoms with Crippen molar-refractivity contribution >= 4 is 8.32 Å². The van der Waals surface area contributed by atoms with Crippen molar-refractivity contribution in [2.75, 3.05) is 6.61 Å². The molecular formula is C26H36F3N3O4Si. The van der Waals surface area contributed by atoms with E-state index in [1.165, 1.54) is 0 Å². The summed E-state index contributed by atoms with van der Waals surface area (Å²) in [5.41, 5.74) is 0.266. The van der Waals surface area contributed by atoms with Gasteiger partial charge in [0, 0.05) is 5.56 Å². The van der Waals surface area contributed by atoms with Gasteiger partial charge in [0.25, 0.3) is 0 Å². The number of ether oxygens (including phenoxy) is 3. The van der Waals surface area contributed by atoms with Gasteiger partial charge in [-0.25, -0.2) is 17.9 Å². The molecule has 0 N–H and O–H groups in total. The lowest BCUT2D eigenvalue weighted by Crippen LogP contribution is -2.64. The summed E-state index contributed by atoms with van der Waals surface area (Å²) in [4.78, 5) is 0. The molecule has 0 radical (unpaired) electrons. The Balaban J connectivity index is 1.80. The van der Waals surface area contributed by atoms with E-state index in [-0.39, 0.29) is 22.4 Å². The van der Waals surface area contributed by atoms with Gasteiger partial charge >= 0.3 is 0 Å². The van der Waals surface area contributed by atoms with Crippen LogP contribution in [0.5, 0.6) is 0 Å². The molecule has 1 aromatic carbocycles. The molecule has 11 heteroatoms. The highest BCUT2D eigenvalue weighted by atomic mass is 28.4. The van der Waals surface area contributed by atoms with Gasteiger partial charge in [-0.05, 0) is 50.5 Å². The number of benzene rings is 1. The minimum absolute atomic E-state index is 0.0731. The third kappa shape index (κ3) is 5.56. The zero-order chi connectivity index (χ0) is 27.3. The highest BCUT2D eigenvalue weighted by Gasteiger charge is 2.55. The van der Waals surface area contributed by atoms with Crippen LogP contribution in [-0.4, -0.2) is 60.1 Å². The second kappa shape index (κ2) is 9.92. The summed E-state index contributed by atoms with van der Waals surface area (Å²) in [5, 5.41) is 8.41. The molecule has 4 rings (SSSR count). The summed E-state index contributed by atoms with van der Waals surface area (Å²) >= 11 is 0. The Bertz CT molecular complexity index is 1130. The number of hydrogen-bond acceptors (Lipinski definition) is 6. The molecule has 0 amide bonds. The molecule has 2 fully saturated rings. The highest BCUT2D eigenvalue weighted by molar-refractivity contribution is 6.74. The zero-order valence-electron chi connectivity index (χ0n) is 22.4. The van der Waals surface area contributed by atoms with Crippen LogP contribution in [0.1, 0.15) is 47.1 Å². The highest BCUT2D eigenvalue weighted by Crippen LogP contribution is 2.45. The standard InChI is InChI=1S/C26H36F3N3O4Si/c1-9-10-19-24(36-37(7,8)25(2,3)4)22(23-20(34-19)14-33-26(5,6)35-23)32-13-18(30-31-32)15-11-16(27)21(29)17(28)12-15/h9,11-13,19-20,22-24H,1,10,14H2,2-8H3/t19-,20-,22+,23+,24+/m1/s1. The van der Waals surface area contributed by atoms with Crippen LogP contribution in [-0.2, 0) is 18.6 Å². The predicted octanol–water partition coefficient (Wildman–Crippen LogP) is 5.79. The second-order valence-corrected chi connectivity index (χ2v) is 16.5. The van der Waals surface area contributed by atoms with Gasteiger partial charge < -0.3 is 18.6 Å². The SMILES string of the molecule is C=CC[C@H]1O[C@@H]2COC(C)(C)O[C@@H]2[C@H](n2cc(-c3cc(F)c(F)c(F)c3)nn2)[C@H]1O[Si](C)(C)C(C)(C)C. The summed E-state index contributed by atoms with van der Waals surface area (Å²) in [5.74, 6) is -5.00. The van der Waals surface area contributed by atoms with E-state index in [0.717, 1.165) is 12.1 Å². The average molecular weight is 540 g/mol. The van der Waals surface area contributed by atoms with Crippen molar-refractivity contribution < 1.29 is 31.8 Å². The molecule has 0 spiro atoms. The van der Waals surface area contributed by atoms with E-state index in [4.69, 9.17) is 18.6 Å². The molecule has 5 atom stereocenters. The maximum atomic E-state index is 13.9. The van der Waals surface area contributed by atoms with Gasteiger partial charge in [-0.15, -0.1) is 11.7 Å². The van der Waals surface area contributed by atoms with E-state index in [1.54, 1.807) is 17.0 Å². The Hall–Kier alpha value is -2.05. The topological polar surface area (TPSA) is 67.6 Å². The van der Waals surface area contributed by atoms with Gasteiger partial charge in [0.05, 0.1) is 25.0 Å². The molecule has 3 heterocycles. The minimum atomic E-state index is -2.31. The van der Waals surface area contributed by atoms with E-state index in [0.29, 0.717) is 13.0 Å². The monoisotopic (exact) mass is 539 g/mol. The number of fused-ring (bicyclic) bond motifs is 1. The molecular weight excluding hydrogens is 503 g/mol. The van der Waals surface area contributed by atoms with Gasteiger partial charge in [0.1, 0.15) is 23.9 Å². The Morgan fingerprint density at radius 3 is 2.46 bits per heavy atom. The zero-order valence-corrected chi connectivity index (χ0v) is 23.4. The van der Waals surface area contributed by atoms with Gasteiger partial charge in [-0.2, -0.15) is 0 Å². The molecule has 1 aromatic heterocycles. The molecule has 204 valence electrons. The Morgan fingerprint density at radius 1 is 1.22 bits per heavy atom. The molecule has 2 aliphatic heterocycles. The third-order valence-electron chi connectivity index (χ3n) is 7.50. The van der Waals surface area contributed by atoms with Crippen molar-refractivity contribution in [1.82, 2.24) is 15.0 Å². The third-order valence-corrected chi connectivity index (χ3v) is 12.0. The summed E-state index contributed by atoms with van der Waals surface area (Å²) in [6.45, 7) is 18.7. The number of halogens is 3. The van der Waals surface area contributed by atoms with E-state index < -0.39 is 55.9 Å². The maximum absolute atomic E-state index is 13.9. The first-order valence-electron chi connectivity index (χ1n) is 12.5. The molecule has 2 saturated heterocycles. The summed E-state index contributed by atoms with van der Waals surface area (Å²) in [6, 6.07) is 1.31. The van der Waals surface area contributed by atoms with Crippen molar-refractivity contribution in [1.29, 1.82) is 0 Å². The van der Waals surface area contributed by atoms with E-state index in [2.05, 4.69) is 50.8 Å². The minimum Gasteiger partial charge on any atom is -0.409 e. The Kier molecular flexibility index (Phi) is 7.50. The van der Waals surface area contributed by atoms with Crippen LogP contribution < -0.4 is 0 Å². The summed E-state index contributed by atoms with van der Waals surface area (Å²) in [6.07, 6.45) is 2.14. The molecule has 2 aliphatic rings. The number of rotatable bonds is 6. The van der Waals surface area contributed by atoms with Gasteiger partial charge in [0.15, 0.2) is 31.6 Å². The van der Waals surface area contributed by atoms with E-state index in [1.807, 2.05) is 13.8 Å². The van der Waals surface area contributed by atoms with Crippen LogP contribution in [0.25, 0.3) is 11.3 Å². The first-order chi connectivity index (χ1) is 17.1. The van der Waals surface area contributed by atoms with Crippen LogP contribution in [0.3, 0.4) is 0 Å². The van der Waals surface area contributed by atoms with Crippen molar-refractivity contribution in [2.24, 2.45) is 0 Å². The molecule has 0 saturated carbocycles. The lowest BCUT2D eigenvalue weighted by Gasteiger charge is -2.53. The molecule has 2 aromatic rings. The fourth-order valence-corrected chi connectivity index (χ4v) is 5.83. The van der Waals surface area contributed by atoms with Crippen LogP contribution in [0, 0.1) is 17.5 Å². The Morgan fingerprint density at radius 2 is 1.86 bits per heavy atom. The quantitative estimate of drug-likeness (QED) is 0.263. The molecule has 0 unspecified atom stereocenters. The van der Waals surface area contributed by atoms with E-state index >= 15 is 0 Å². The maximum Gasteiger partial charge on any atom is 0.194 e. The van der Waals surface area contributed by atoms with Crippen molar-refractivity contribution in [2.45, 2.75) is 95.4 Å². The Labute approximate surface area is 217 Å². The fourth-order valence-electron chi connectivity index (χ4n) is 4.51. The van der Waals surface area contributed by atoms with Crippen LogP contribution in [0.15, 0.2) is 31.0 Å². The largest absolute Gasteiger partial charge is 0.409 e. The molecule has 37 heavy (non-hydrogen) atoms. The number of hydrogen-bond donors (Lipinski definition) is 0. The average Bonchev–Trinajstić information content (AvgIpc) is 3.26. The van der Waals surface area contributed by atoms with Crippen LogP contribution >= 0.6 is 0 Å². The van der Waals surface area contributed by atoms with Crippen molar-refractivity contribution in [3.05, 3.63) is 48.4 Å². The predicted molar refractivity (Wildman–Crippen MR) is 135 cm³/mol. The molecule has 0 aliphatic carbocycles. The smallest absolute Gasteiger partial charge is 0.194 e. The first-order valence-corrected chi connectivity index (χ1v) is 15.4. The number of aromatic nitrogens is 3. The summed E-state index contributed by atoms with van der Waals surface area (Å²) < 4.78 is 68.7. The van der Waals surface area contributed by atoms with Crippen LogP contribution in [0.2, 0.25) is 18.1 Å². The van der Waals surface area contributed by atoms with Crippen molar-refractivity contribution in [3.63, 3.8) is 0 Å².